The van der Waals surface area contributed by atoms with E-state index in [0.29, 0.717) is 6.04 Å². The summed E-state index contributed by atoms with van der Waals surface area (Å²) in [5, 5.41) is 3.27. The van der Waals surface area contributed by atoms with Gasteiger partial charge in [-0.3, -0.25) is 4.98 Å². The van der Waals surface area contributed by atoms with Crippen molar-refractivity contribution in [3.05, 3.63) is 30.1 Å². The Balaban J connectivity index is 2.11. The van der Waals surface area contributed by atoms with E-state index in [4.69, 9.17) is 0 Å². The number of nitrogens with zero attached hydrogens (tertiary/aromatic N) is 2. The Kier molecular flexibility index (Phi) is 6.82. The summed E-state index contributed by atoms with van der Waals surface area (Å²) < 4.78 is 0. The third-order valence-electron chi connectivity index (χ3n) is 3.15. The van der Waals surface area contributed by atoms with Gasteiger partial charge in [-0.25, -0.2) is 0 Å². The van der Waals surface area contributed by atoms with Crippen molar-refractivity contribution in [3.8, 4) is 0 Å². The molecule has 17 heavy (non-hydrogen) atoms. The largest absolute Gasteiger partial charge is 0.317 e. The lowest BCUT2D eigenvalue weighted by Gasteiger charge is -2.17. The molecule has 1 aromatic heterocycles. The number of nitrogens with one attached hydrogen (secondary N) is 1. The van der Waals surface area contributed by atoms with Crippen LogP contribution < -0.4 is 5.32 Å². The predicted octanol–water partition coefficient (Wildman–Crippen LogP) is 1.94. The van der Waals surface area contributed by atoms with Gasteiger partial charge >= 0.3 is 0 Å². The van der Waals surface area contributed by atoms with Gasteiger partial charge in [-0.1, -0.05) is 6.07 Å². The van der Waals surface area contributed by atoms with Gasteiger partial charge in [-0.2, -0.15) is 0 Å². The van der Waals surface area contributed by atoms with E-state index in [1.54, 1.807) is 0 Å². The number of rotatable bonds is 8. The highest BCUT2D eigenvalue weighted by molar-refractivity contribution is 5.03. The minimum atomic E-state index is 0.624. The second-order valence-corrected chi connectivity index (χ2v) is 4.71. The molecule has 0 bridgehead atoms. The molecule has 0 fully saturated rings. The maximum Gasteiger partial charge on any atom is 0.0416 e. The Hall–Kier alpha value is -0.930. The molecule has 1 N–H and O–H groups in total. The maximum absolute atomic E-state index is 4.34. The molecule has 0 aliphatic rings. The van der Waals surface area contributed by atoms with E-state index in [0.717, 1.165) is 13.0 Å². The van der Waals surface area contributed by atoms with Gasteiger partial charge in [0.25, 0.3) is 0 Å². The van der Waals surface area contributed by atoms with E-state index in [-0.39, 0.29) is 0 Å². The Morgan fingerprint density at radius 2 is 2.18 bits per heavy atom. The zero-order valence-corrected chi connectivity index (χ0v) is 11.3. The second-order valence-electron chi connectivity index (χ2n) is 4.71. The van der Waals surface area contributed by atoms with Crippen molar-refractivity contribution in [3.63, 3.8) is 0 Å². The molecule has 96 valence electrons. The van der Waals surface area contributed by atoms with Gasteiger partial charge < -0.3 is 10.2 Å². The van der Waals surface area contributed by atoms with Gasteiger partial charge in [-0.05, 0) is 52.5 Å². The molecule has 0 saturated heterocycles. The maximum atomic E-state index is 4.34. The van der Waals surface area contributed by atoms with Gasteiger partial charge in [0.2, 0.25) is 0 Å². The van der Waals surface area contributed by atoms with E-state index in [9.17, 15) is 0 Å². The highest BCUT2D eigenvalue weighted by Crippen LogP contribution is 2.00. The van der Waals surface area contributed by atoms with Crippen molar-refractivity contribution < 1.29 is 0 Å². The normalized spacial score (nSPS) is 12.9. The van der Waals surface area contributed by atoms with Crippen LogP contribution in [0.15, 0.2) is 24.4 Å². The molecule has 1 rings (SSSR count). The molecule has 0 aromatic carbocycles. The number of aromatic nitrogens is 1. The van der Waals surface area contributed by atoms with Gasteiger partial charge in [0.05, 0.1) is 0 Å². The summed E-state index contributed by atoms with van der Waals surface area (Å²) in [6, 6.07) is 6.74. The molecule has 1 unspecified atom stereocenters. The lowest BCUT2D eigenvalue weighted by molar-refractivity contribution is 0.322. The molecule has 1 aromatic rings. The summed E-state index contributed by atoms with van der Waals surface area (Å²) in [4.78, 5) is 6.72. The summed E-state index contributed by atoms with van der Waals surface area (Å²) in [7, 11) is 4.21. The molecular weight excluding hydrogens is 210 g/mol. The fourth-order valence-corrected chi connectivity index (χ4v) is 1.77. The first-order chi connectivity index (χ1) is 8.22. The summed E-state index contributed by atoms with van der Waals surface area (Å²) >= 11 is 0. The van der Waals surface area contributed by atoms with Gasteiger partial charge in [0, 0.05) is 30.9 Å². The summed E-state index contributed by atoms with van der Waals surface area (Å²) in [6.45, 7) is 4.48. The monoisotopic (exact) mass is 235 g/mol. The standard InChI is InChI=1S/C14H25N3/c1-13(15-2)7-6-11-17(3)12-9-14-8-4-5-10-16-14/h4-5,8,10,13,15H,6-7,9,11-12H2,1-3H3. The van der Waals surface area contributed by atoms with Gasteiger partial charge in [0.15, 0.2) is 0 Å². The Bertz CT molecular complexity index is 287. The first kappa shape index (κ1) is 14.1. The lowest BCUT2D eigenvalue weighted by atomic mass is 10.2. The smallest absolute Gasteiger partial charge is 0.0416 e. The molecule has 3 heteroatoms. The SMILES string of the molecule is CNC(C)CCCN(C)CCc1ccccn1. The number of hydrogen-bond acceptors (Lipinski definition) is 3. The molecule has 0 radical (unpaired) electrons. The quantitative estimate of drug-likeness (QED) is 0.746. The highest BCUT2D eigenvalue weighted by atomic mass is 15.1. The lowest BCUT2D eigenvalue weighted by Crippen LogP contribution is -2.26. The van der Waals surface area contributed by atoms with E-state index in [1.807, 2.05) is 19.3 Å². The van der Waals surface area contributed by atoms with Crippen molar-refractivity contribution in [2.75, 3.05) is 27.2 Å². The molecule has 0 aliphatic carbocycles. The third-order valence-corrected chi connectivity index (χ3v) is 3.15. The zero-order chi connectivity index (χ0) is 12.5. The molecule has 0 saturated carbocycles. The molecule has 1 heterocycles. The molecule has 0 aliphatic heterocycles. The van der Waals surface area contributed by atoms with Crippen molar-refractivity contribution in [1.29, 1.82) is 0 Å². The Morgan fingerprint density at radius 1 is 1.35 bits per heavy atom. The van der Waals surface area contributed by atoms with Crippen LogP contribution in [0.1, 0.15) is 25.5 Å². The summed E-state index contributed by atoms with van der Waals surface area (Å²) in [6.07, 6.45) is 5.40. The molecule has 3 nitrogen and oxygen atoms in total. The summed E-state index contributed by atoms with van der Waals surface area (Å²) in [5.41, 5.74) is 1.18. The number of pyridine rings is 1. The van der Waals surface area contributed by atoms with E-state index >= 15 is 0 Å². The van der Waals surface area contributed by atoms with Crippen LogP contribution in [0.3, 0.4) is 0 Å². The Morgan fingerprint density at radius 3 is 2.82 bits per heavy atom. The second kappa shape index (κ2) is 8.20. The van der Waals surface area contributed by atoms with Crippen molar-refractivity contribution in [2.45, 2.75) is 32.2 Å². The molecule has 0 spiro atoms. The Labute approximate surface area is 105 Å². The first-order valence-corrected chi connectivity index (χ1v) is 6.48. The number of likely N-dealkylation sites (N-methyl/N-ethyl adjacent to an activating group) is 1. The van der Waals surface area contributed by atoms with Crippen molar-refractivity contribution >= 4 is 0 Å². The minimum absolute atomic E-state index is 0.624. The van der Waals surface area contributed by atoms with E-state index < -0.39 is 0 Å². The minimum Gasteiger partial charge on any atom is -0.317 e. The molecular formula is C14H25N3. The number of hydrogen-bond donors (Lipinski definition) is 1. The molecule has 0 amide bonds. The van der Waals surface area contributed by atoms with E-state index in [1.165, 1.54) is 25.1 Å². The predicted molar refractivity (Wildman–Crippen MR) is 73.2 cm³/mol. The fourth-order valence-electron chi connectivity index (χ4n) is 1.77. The van der Waals surface area contributed by atoms with Crippen LogP contribution in [0.5, 0.6) is 0 Å². The van der Waals surface area contributed by atoms with Crippen LogP contribution in [-0.4, -0.2) is 43.1 Å². The van der Waals surface area contributed by atoms with Crippen LogP contribution in [0.25, 0.3) is 0 Å². The fraction of sp³-hybridized carbons (Fsp3) is 0.643. The molecule has 1 atom stereocenters. The van der Waals surface area contributed by atoms with Crippen molar-refractivity contribution in [2.24, 2.45) is 0 Å². The van der Waals surface area contributed by atoms with Crippen LogP contribution in [-0.2, 0) is 6.42 Å². The zero-order valence-electron chi connectivity index (χ0n) is 11.3. The van der Waals surface area contributed by atoms with E-state index in [2.05, 4.69) is 41.3 Å². The third kappa shape index (κ3) is 6.39. The summed E-state index contributed by atoms with van der Waals surface area (Å²) in [5.74, 6) is 0. The highest BCUT2D eigenvalue weighted by Gasteiger charge is 2.02. The average molecular weight is 235 g/mol. The van der Waals surface area contributed by atoms with Crippen LogP contribution in [0.2, 0.25) is 0 Å². The average Bonchev–Trinajstić information content (AvgIpc) is 2.37. The topological polar surface area (TPSA) is 28.2 Å². The van der Waals surface area contributed by atoms with Crippen LogP contribution in [0, 0.1) is 0 Å². The van der Waals surface area contributed by atoms with Crippen LogP contribution in [0.4, 0.5) is 0 Å². The van der Waals surface area contributed by atoms with Crippen LogP contribution >= 0.6 is 0 Å². The van der Waals surface area contributed by atoms with Crippen molar-refractivity contribution in [1.82, 2.24) is 15.2 Å². The van der Waals surface area contributed by atoms with Gasteiger partial charge in [-0.15, -0.1) is 0 Å². The first-order valence-electron chi connectivity index (χ1n) is 6.48. The van der Waals surface area contributed by atoms with Gasteiger partial charge in [0.1, 0.15) is 0 Å².